The number of hydrogen-bond donors (Lipinski definition) is 1. The zero-order valence-corrected chi connectivity index (χ0v) is 6.16. The van der Waals surface area contributed by atoms with Crippen LogP contribution in [0.25, 0.3) is 0 Å². The van der Waals surface area contributed by atoms with Crippen molar-refractivity contribution in [1.29, 1.82) is 0 Å². The van der Waals surface area contributed by atoms with E-state index < -0.39 is 7.25 Å². The van der Waals surface area contributed by atoms with Crippen LogP contribution in [-0.4, -0.2) is 17.2 Å². The molecule has 1 N–H and O–H groups in total. The molecular weight excluding hydrogens is 179 g/mol. The van der Waals surface area contributed by atoms with Crippen molar-refractivity contribution in [3.05, 3.63) is 18.7 Å². The number of rotatable bonds is 0. The van der Waals surface area contributed by atoms with Crippen LogP contribution in [0.4, 0.5) is 17.3 Å². The minimum Gasteiger partial charge on any atom is -0.418 e. The Labute approximate surface area is 65.9 Å². The summed E-state index contributed by atoms with van der Waals surface area (Å²) in [6.45, 7) is 0. The zero-order chi connectivity index (χ0) is 9.78. The molecule has 8 heteroatoms. The summed E-state index contributed by atoms with van der Waals surface area (Å²) < 4.78 is 41.8. The average Bonchev–Trinajstić information content (AvgIpc) is 2.09. The van der Waals surface area contributed by atoms with Gasteiger partial charge in [0.05, 0.1) is 7.05 Å². The van der Waals surface area contributed by atoms with Crippen molar-refractivity contribution in [2.75, 3.05) is 0 Å². The van der Waals surface area contributed by atoms with Gasteiger partial charge in [0.2, 0.25) is 0 Å². The standard InChI is InChI=1S/C4H7N2O.BF4/c1-5-2-3-6(7)4-5;2-1(3,4)5/h2-4,7H,1H3;/q+1;-1. The SMILES string of the molecule is C[n+]1ccn(O)c1.F[B-](F)(F)F. The molecule has 0 aliphatic heterocycles. The Kier molecular flexibility index (Phi) is 3.58. The zero-order valence-electron chi connectivity index (χ0n) is 6.16. The molecule has 1 heterocycles. The van der Waals surface area contributed by atoms with Crippen LogP contribution in [0.1, 0.15) is 0 Å². The maximum atomic E-state index is 9.75. The van der Waals surface area contributed by atoms with Gasteiger partial charge >= 0.3 is 7.25 Å². The lowest BCUT2D eigenvalue weighted by Crippen LogP contribution is -2.23. The van der Waals surface area contributed by atoms with Gasteiger partial charge in [0.1, 0.15) is 6.20 Å². The molecule has 0 fully saturated rings. The van der Waals surface area contributed by atoms with E-state index in [4.69, 9.17) is 5.21 Å². The fourth-order valence-corrected chi connectivity index (χ4v) is 0.437. The third kappa shape index (κ3) is 8.79. The van der Waals surface area contributed by atoms with Gasteiger partial charge in [-0.05, 0) is 0 Å². The Morgan fingerprint density at radius 3 is 1.83 bits per heavy atom. The van der Waals surface area contributed by atoms with Crippen LogP contribution in [-0.2, 0) is 7.05 Å². The smallest absolute Gasteiger partial charge is 0.418 e. The molecule has 0 bridgehead atoms. The molecule has 3 nitrogen and oxygen atoms in total. The molecule has 0 spiro atoms. The molecule has 0 radical (unpaired) electrons. The van der Waals surface area contributed by atoms with Crippen LogP contribution in [0, 0.1) is 0 Å². The predicted molar refractivity (Wildman–Crippen MR) is 33.0 cm³/mol. The summed E-state index contributed by atoms with van der Waals surface area (Å²) in [7, 11) is -4.16. The van der Waals surface area contributed by atoms with E-state index in [0.29, 0.717) is 0 Å². The predicted octanol–water partition coefficient (Wildman–Crippen LogP) is 0.850. The highest BCUT2D eigenvalue weighted by atomic mass is 19.5. The van der Waals surface area contributed by atoms with Crippen LogP contribution in [0.5, 0.6) is 0 Å². The second-order valence-electron chi connectivity index (χ2n) is 1.95. The molecule has 0 aliphatic rings. The topological polar surface area (TPSA) is 29.0 Å². The number of hydrogen-bond acceptors (Lipinski definition) is 1. The Bertz CT molecular complexity index is 213. The van der Waals surface area contributed by atoms with E-state index in [0.717, 1.165) is 4.73 Å². The van der Waals surface area contributed by atoms with Gasteiger partial charge in [-0.2, -0.15) is 0 Å². The van der Waals surface area contributed by atoms with E-state index >= 15 is 0 Å². The fourth-order valence-electron chi connectivity index (χ4n) is 0.437. The summed E-state index contributed by atoms with van der Waals surface area (Å²) in [5.74, 6) is 0. The van der Waals surface area contributed by atoms with Crippen molar-refractivity contribution >= 4 is 7.25 Å². The minimum absolute atomic E-state index is 1.00. The molecule has 0 amide bonds. The monoisotopic (exact) mass is 186 g/mol. The second kappa shape index (κ2) is 3.98. The molecule has 0 atom stereocenters. The molecule has 0 aliphatic carbocycles. The summed E-state index contributed by atoms with van der Waals surface area (Å²) in [5.41, 5.74) is 0. The Morgan fingerprint density at radius 2 is 1.75 bits per heavy atom. The van der Waals surface area contributed by atoms with Crippen molar-refractivity contribution in [1.82, 2.24) is 4.73 Å². The lowest BCUT2D eigenvalue weighted by Gasteiger charge is -1.94. The summed E-state index contributed by atoms with van der Waals surface area (Å²) in [5, 5.41) is 8.55. The van der Waals surface area contributed by atoms with E-state index in [2.05, 4.69) is 0 Å². The van der Waals surface area contributed by atoms with Crippen LogP contribution >= 0.6 is 0 Å². The number of aromatic nitrogens is 2. The highest BCUT2D eigenvalue weighted by Crippen LogP contribution is 2.06. The Hall–Kier alpha value is -1.21. The third-order valence-electron chi connectivity index (χ3n) is 0.755. The molecule has 0 saturated heterocycles. The first kappa shape index (κ1) is 10.8. The first-order valence-corrected chi connectivity index (χ1v) is 2.89. The number of halogens is 4. The minimum atomic E-state index is -6.00. The fraction of sp³-hybridized carbons (Fsp3) is 0.250. The average molecular weight is 186 g/mol. The maximum Gasteiger partial charge on any atom is 0.673 e. The van der Waals surface area contributed by atoms with E-state index in [1.807, 2.05) is 7.05 Å². The molecule has 1 aromatic rings. The van der Waals surface area contributed by atoms with Crippen molar-refractivity contribution in [3.8, 4) is 0 Å². The van der Waals surface area contributed by atoms with E-state index in [9.17, 15) is 17.3 Å². The number of nitrogens with zero attached hydrogens (tertiary/aromatic N) is 2. The van der Waals surface area contributed by atoms with Crippen LogP contribution in [0.2, 0.25) is 0 Å². The van der Waals surface area contributed by atoms with Crippen molar-refractivity contribution in [3.63, 3.8) is 0 Å². The summed E-state index contributed by atoms with van der Waals surface area (Å²) >= 11 is 0. The van der Waals surface area contributed by atoms with Gasteiger partial charge in [-0.1, -0.05) is 4.73 Å². The maximum absolute atomic E-state index is 9.75. The van der Waals surface area contributed by atoms with Crippen molar-refractivity contribution < 1.29 is 27.0 Å². The molecular formula is C4H7BF4N2O. The highest BCUT2D eigenvalue weighted by molar-refractivity contribution is 6.50. The highest BCUT2D eigenvalue weighted by Gasteiger charge is 2.20. The molecule has 12 heavy (non-hydrogen) atoms. The summed E-state index contributed by atoms with van der Waals surface area (Å²) in [6.07, 6.45) is 4.86. The molecule has 1 rings (SSSR count). The van der Waals surface area contributed by atoms with Crippen molar-refractivity contribution in [2.45, 2.75) is 0 Å². The molecule has 0 aromatic carbocycles. The molecule has 0 saturated carbocycles. The molecule has 0 unspecified atom stereocenters. The number of aryl methyl sites for hydroxylation is 1. The summed E-state index contributed by atoms with van der Waals surface area (Å²) in [4.78, 5) is 0. The lowest BCUT2D eigenvalue weighted by atomic mass is 10.3. The van der Waals surface area contributed by atoms with Gasteiger partial charge in [-0.25, -0.2) is 4.57 Å². The van der Waals surface area contributed by atoms with Crippen molar-refractivity contribution in [2.24, 2.45) is 7.05 Å². The van der Waals surface area contributed by atoms with Gasteiger partial charge in [0, 0.05) is 0 Å². The third-order valence-corrected chi connectivity index (χ3v) is 0.755. The van der Waals surface area contributed by atoms with Gasteiger partial charge in [0.25, 0.3) is 6.33 Å². The molecule has 1 aromatic heterocycles. The van der Waals surface area contributed by atoms with Gasteiger partial charge < -0.3 is 22.5 Å². The van der Waals surface area contributed by atoms with Gasteiger partial charge in [0.15, 0.2) is 6.20 Å². The number of imidazole rings is 1. The van der Waals surface area contributed by atoms with Gasteiger partial charge in [-0.3, -0.25) is 0 Å². The van der Waals surface area contributed by atoms with E-state index in [1.54, 1.807) is 23.3 Å². The largest absolute Gasteiger partial charge is 0.673 e. The molecule has 70 valence electrons. The van der Waals surface area contributed by atoms with E-state index in [-0.39, 0.29) is 0 Å². The van der Waals surface area contributed by atoms with Crippen LogP contribution < -0.4 is 4.57 Å². The summed E-state index contributed by atoms with van der Waals surface area (Å²) in [6, 6.07) is 0. The lowest BCUT2D eigenvalue weighted by molar-refractivity contribution is -0.672. The Morgan fingerprint density at radius 1 is 1.33 bits per heavy atom. The Balaban J connectivity index is 0.000000217. The van der Waals surface area contributed by atoms with Gasteiger partial charge in [-0.15, -0.1) is 0 Å². The van der Waals surface area contributed by atoms with Crippen LogP contribution in [0.15, 0.2) is 18.7 Å². The second-order valence-corrected chi connectivity index (χ2v) is 1.95. The van der Waals surface area contributed by atoms with Crippen LogP contribution in [0.3, 0.4) is 0 Å². The quantitative estimate of drug-likeness (QED) is 0.276. The normalized spacial score (nSPS) is 10.4. The first-order valence-electron chi connectivity index (χ1n) is 2.89. The van der Waals surface area contributed by atoms with E-state index in [1.165, 1.54) is 0 Å². The first-order chi connectivity index (χ1) is 5.29.